The Kier molecular flexibility index (Phi) is 4.19. The van der Waals surface area contributed by atoms with E-state index in [-0.39, 0.29) is 23.7 Å². The van der Waals surface area contributed by atoms with E-state index in [2.05, 4.69) is 25.9 Å². The van der Waals surface area contributed by atoms with Crippen LogP contribution in [0.2, 0.25) is 0 Å². The molecule has 1 saturated heterocycles. The molecule has 0 aliphatic carbocycles. The van der Waals surface area contributed by atoms with Crippen molar-refractivity contribution in [3.8, 4) is 0 Å². The summed E-state index contributed by atoms with van der Waals surface area (Å²) in [7, 11) is 1.67. The highest BCUT2D eigenvalue weighted by molar-refractivity contribution is 5.59. The number of halogens is 1. The van der Waals surface area contributed by atoms with Crippen LogP contribution >= 0.6 is 0 Å². The number of aryl methyl sites for hydroxylation is 1. The fourth-order valence-electron chi connectivity index (χ4n) is 3.37. The van der Waals surface area contributed by atoms with E-state index in [1.165, 1.54) is 10.9 Å². The van der Waals surface area contributed by atoms with Gasteiger partial charge in [0.05, 0.1) is 11.5 Å². The summed E-state index contributed by atoms with van der Waals surface area (Å²) in [4.78, 5) is 12.7. The zero-order valence-electron chi connectivity index (χ0n) is 14.0. The van der Waals surface area contributed by atoms with E-state index in [0.717, 1.165) is 12.8 Å². The second kappa shape index (κ2) is 5.52. The van der Waals surface area contributed by atoms with Gasteiger partial charge in [-0.1, -0.05) is 20.8 Å². The van der Waals surface area contributed by atoms with Crippen LogP contribution in [0.1, 0.15) is 47.0 Å². The van der Waals surface area contributed by atoms with Crippen molar-refractivity contribution in [3.63, 3.8) is 0 Å². The highest BCUT2D eigenvalue weighted by Crippen LogP contribution is 2.40. The van der Waals surface area contributed by atoms with Gasteiger partial charge in [0.25, 0.3) is 0 Å². The van der Waals surface area contributed by atoms with Crippen molar-refractivity contribution >= 4 is 11.5 Å². The van der Waals surface area contributed by atoms with Gasteiger partial charge in [0, 0.05) is 13.1 Å². The number of rotatable bonds is 2. The van der Waals surface area contributed by atoms with Crippen molar-refractivity contribution in [2.24, 2.45) is 12.5 Å². The molecule has 124 valence electrons. The molecule has 0 saturated carbocycles. The summed E-state index contributed by atoms with van der Waals surface area (Å²) in [6.07, 6.45) is 3.31. The van der Waals surface area contributed by atoms with Gasteiger partial charge in [-0.2, -0.15) is 5.10 Å². The molecule has 7 heteroatoms. The maximum absolute atomic E-state index is 14.8. The molecule has 1 aliphatic heterocycles. The highest BCUT2D eigenvalue weighted by Gasteiger charge is 2.42. The summed E-state index contributed by atoms with van der Waals surface area (Å²) in [6, 6.07) is 0.0270. The van der Waals surface area contributed by atoms with Gasteiger partial charge in [-0.05, 0) is 31.6 Å². The van der Waals surface area contributed by atoms with Crippen LogP contribution in [0.5, 0.6) is 0 Å². The molecule has 1 fully saturated rings. The van der Waals surface area contributed by atoms with Crippen molar-refractivity contribution < 1.29 is 9.31 Å². The third kappa shape index (κ3) is 3.23. The molecule has 2 heterocycles. The first-order valence-corrected chi connectivity index (χ1v) is 7.65. The number of hydrogen-bond acceptors (Lipinski definition) is 4. The summed E-state index contributed by atoms with van der Waals surface area (Å²) in [5, 5.41) is 15.3. The molecule has 2 atom stereocenters. The van der Waals surface area contributed by atoms with Crippen molar-refractivity contribution in [3.05, 3.63) is 16.3 Å². The van der Waals surface area contributed by atoms with E-state index < -0.39 is 10.6 Å². The van der Waals surface area contributed by atoms with Crippen LogP contribution in [0.25, 0.3) is 0 Å². The van der Waals surface area contributed by atoms with Gasteiger partial charge in [-0.25, -0.2) is 9.07 Å². The monoisotopic (exact) mass is 312 g/mol. The lowest BCUT2D eigenvalue weighted by atomic mass is 9.83. The van der Waals surface area contributed by atoms with Crippen LogP contribution in [0, 0.1) is 15.5 Å². The fraction of sp³-hybridized carbons (Fsp3) is 0.800. The number of hydrogen-bond donors (Lipinski definition) is 0. The van der Waals surface area contributed by atoms with Gasteiger partial charge in [0.1, 0.15) is 11.9 Å². The predicted octanol–water partition coefficient (Wildman–Crippen LogP) is 3.46. The Hall–Kier alpha value is -1.66. The maximum atomic E-state index is 14.8. The summed E-state index contributed by atoms with van der Waals surface area (Å²) in [5.74, 6) is 0.399. The summed E-state index contributed by atoms with van der Waals surface area (Å²) in [6.45, 7) is 8.00. The van der Waals surface area contributed by atoms with Crippen LogP contribution in [0.4, 0.5) is 15.9 Å². The third-order valence-corrected chi connectivity index (χ3v) is 4.41. The largest absolute Gasteiger partial charge is 0.344 e. The summed E-state index contributed by atoms with van der Waals surface area (Å²) < 4.78 is 16.2. The zero-order valence-corrected chi connectivity index (χ0v) is 14.0. The number of nitrogens with zero attached hydrogens (tertiary/aromatic N) is 4. The quantitative estimate of drug-likeness (QED) is 0.619. The smallest absolute Gasteiger partial charge is 0.331 e. The average Bonchev–Trinajstić information content (AvgIpc) is 2.64. The summed E-state index contributed by atoms with van der Waals surface area (Å²) in [5.41, 5.74) is -1.54. The minimum absolute atomic E-state index is 0.0270. The first-order chi connectivity index (χ1) is 10.0. The normalized spacial score (nSPS) is 26.8. The molecule has 2 rings (SSSR count). The molecule has 0 aromatic carbocycles. The number of aromatic nitrogens is 2. The Bertz CT molecular complexity index is 562. The Morgan fingerprint density at radius 2 is 2.14 bits per heavy atom. The lowest BCUT2D eigenvalue weighted by Crippen LogP contribution is -2.48. The fourth-order valence-corrected chi connectivity index (χ4v) is 3.37. The lowest BCUT2D eigenvalue weighted by molar-refractivity contribution is -0.384. The molecule has 1 aromatic heterocycles. The third-order valence-electron chi connectivity index (χ3n) is 4.41. The maximum Gasteiger partial charge on any atom is 0.331 e. The van der Waals surface area contributed by atoms with Gasteiger partial charge < -0.3 is 4.90 Å². The Morgan fingerprint density at radius 1 is 1.50 bits per heavy atom. The number of anilines is 1. The van der Waals surface area contributed by atoms with E-state index in [0.29, 0.717) is 12.2 Å². The molecule has 2 unspecified atom stereocenters. The first kappa shape index (κ1) is 16.7. The van der Waals surface area contributed by atoms with Crippen molar-refractivity contribution in [1.82, 2.24) is 9.78 Å². The van der Waals surface area contributed by atoms with E-state index in [4.69, 9.17) is 0 Å². The van der Waals surface area contributed by atoms with Crippen LogP contribution in [-0.4, -0.2) is 33.0 Å². The van der Waals surface area contributed by atoms with Crippen LogP contribution < -0.4 is 4.90 Å². The molecular formula is C15H25FN4O2. The van der Waals surface area contributed by atoms with E-state index in [1.54, 1.807) is 14.0 Å². The molecular weight excluding hydrogens is 287 g/mol. The average molecular weight is 312 g/mol. The van der Waals surface area contributed by atoms with Crippen molar-refractivity contribution in [2.75, 3.05) is 11.4 Å². The SMILES string of the molecule is Cn1ncc([N+](=O)[O-])c1N1CC(C)(F)CCCC1C(C)(C)C. The first-order valence-electron chi connectivity index (χ1n) is 7.65. The van der Waals surface area contributed by atoms with E-state index in [9.17, 15) is 14.5 Å². The van der Waals surface area contributed by atoms with Gasteiger partial charge in [-0.3, -0.25) is 10.1 Å². The topological polar surface area (TPSA) is 64.2 Å². The lowest BCUT2D eigenvalue weighted by Gasteiger charge is -2.41. The van der Waals surface area contributed by atoms with Gasteiger partial charge in [-0.15, -0.1) is 0 Å². The van der Waals surface area contributed by atoms with Crippen molar-refractivity contribution in [2.45, 2.75) is 58.7 Å². The highest BCUT2D eigenvalue weighted by atomic mass is 19.1. The molecule has 1 aliphatic rings. The second-order valence-electron chi connectivity index (χ2n) is 7.55. The van der Waals surface area contributed by atoms with Gasteiger partial charge in [0.2, 0.25) is 5.82 Å². The molecule has 1 aromatic rings. The summed E-state index contributed by atoms with van der Waals surface area (Å²) >= 11 is 0. The molecule has 22 heavy (non-hydrogen) atoms. The minimum atomic E-state index is -1.36. The van der Waals surface area contributed by atoms with Gasteiger partial charge >= 0.3 is 5.69 Å². The van der Waals surface area contributed by atoms with E-state index >= 15 is 0 Å². The molecule has 0 bridgehead atoms. The van der Waals surface area contributed by atoms with Crippen LogP contribution in [0.15, 0.2) is 6.20 Å². The Morgan fingerprint density at radius 3 is 2.68 bits per heavy atom. The van der Waals surface area contributed by atoms with Crippen LogP contribution in [-0.2, 0) is 7.05 Å². The number of alkyl halides is 1. The standard InChI is InChI=1S/C15H25FN4O2/c1-14(2,3)12-7-6-8-15(4,16)10-19(12)13-11(20(21)22)9-17-18(13)5/h9,12H,6-8,10H2,1-5H3. The Labute approximate surface area is 130 Å². The zero-order chi connectivity index (χ0) is 16.7. The molecule has 0 N–H and O–H groups in total. The van der Waals surface area contributed by atoms with Gasteiger partial charge in [0.15, 0.2) is 0 Å². The van der Waals surface area contributed by atoms with Crippen molar-refractivity contribution in [1.29, 1.82) is 0 Å². The Balaban J connectivity index is 2.54. The second-order valence-corrected chi connectivity index (χ2v) is 7.55. The predicted molar refractivity (Wildman–Crippen MR) is 83.8 cm³/mol. The molecule has 0 spiro atoms. The number of nitro groups is 1. The molecule has 0 amide bonds. The minimum Gasteiger partial charge on any atom is -0.344 e. The van der Waals surface area contributed by atoms with Crippen LogP contribution in [0.3, 0.4) is 0 Å². The molecule has 0 radical (unpaired) electrons. The molecule has 6 nitrogen and oxygen atoms in total. The van der Waals surface area contributed by atoms with E-state index in [1.807, 2.05) is 4.90 Å².